The van der Waals surface area contributed by atoms with Crippen LogP contribution in [0, 0.1) is 0 Å². The number of carbonyl (C=O) groups excluding carboxylic acids is 1. The van der Waals surface area contributed by atoms with Crippen LogP contribution in [-0.4, -0.2) is 67.3 Å². The number of hydrogen-bond acceptors (Lipinski definition) is 8. The Morgan fingerprint density at radius 2 is 1.85 bits per heavy atom. The van der Waals surface area contributed by atoms with E-state index >= 15 is 0 Å². The molecule has 3 aromatic heterocycles. The summed E-state index contributed by atoms with van der Waals surface area (Å²) in [4.78, 5) is 33.7. The second kappa shape index (κ2) is 10.7. The molecule has 1 N–H and O–H groups in total. The van der Waals surface area contributed by atoms with Crippen molar-refractivity contribution in [2.75, 3.05) is 25.5 Å². The smallest absolute Gasteiger partial charge is 0.410 e. The van der Waals surface area contributed by atoms with E-state index in [-0.39, 0.29) is 12.1 Å². The largest absolute Gasteiger partial charge is 0.497 e. The van der Waals surface area contributed by atoms with Crippen molar-refractivity contribution in [2.45, 2.75) is 45.3 Å². The van der Waals surface area contributed by atoms with Gasteiger partial charge in [0.1, 0.15) is 22.9 Å². The number of likely N-dealkylation sites (tertiary alicyclic amines) is 1. The number of aromatic nitrogens is 5. The molecule has 4 heterocycles. The molecule has 1 amide bonds. The summed E-state index contributed by atoms with van der Waals surface area (Å²) in [6.07, 6.45) is 3.19. The van der Waals surface area contributed by atoms with E-state index in [1.165, 1.54) is 0 Å². The first-order valence-electron chi connectivity index (χ1n) is 13.8. The van der Waals surface area contributed by atoms with Gasteiger partial charge in [0.2, 0.25) is 5.95 Å². The van der Waals surface area contributed by atoms with E-state index < -0.39 is 5.60 Å². The van der Waals surface area contributed by atoms with Gasteiger partial charge in [-0.3, -0.25) is 4.57 Å². The van der Waals surface area contributed by atoms with E-state index in [4.69, 9.17) is 24.4 Å². The van der Waals surface area contributed by atoms with Gasteiger partial charge in [0, 0.05) is 36.8 Å². The van der Waals surface area contributed by atoms with Crippen molar-refractivity contribution in [3.8, 4) is 23.1 Å². The van der Waals surface area contributed by atoms with Crippen molar-refractivity contribution in [1.82, 2.24) is 29.4 Å². The molecule has 0 bridgehead atoms. The number of piperidine rings is 1. The van der Waals surface area contributed by atoms with Crippen LogP contribution in [0.5, 0.6) is 5.75 Å². The SMILES string of the molecule is COc1ccc2c(c1)nc(-c1ccc3ccccc3n1)n2-c1ccnc(NC2CCCN(C(=O)OC(C)(C)C)C2)n1. The predicted octanol–water partition coefficient (Wildman–Crippen LogP) is 5.85. The minimum atomic E-state index is -0.538. The number of rotatable bonds is 5. The van der Waals surface area contributed by atoms with Gasteiger partial charge in [0.15, 0.2) is 5.82 Å². The lowest BCUT2D eigenvalue weighted by atomic mass is 10.1. The Balaban J connectivity index is 1.35. The van der Waals surface area contributed by atoms with Crippen molar-refractivity contribution in [3.05, 3.63) is 66.9 Å². The first kappa shape index (κ1) is 26.5. The van der Waals surface area contributed by atoms with Crippen LogP contribution >= 0.6 is 0 Å². The summed E-state index contributed by atoms with van der Waals surface area (Å²) in [7, 11) is 1.64. The molecule has 10 heteroatoms. The van der Waals surface area contributed by atoms with Crippen LogP contribution in [0.4, 0.5) is 10.7 Å². The average molecular weight is 552 g/mol. The van der Waals surface area contributed by atoms with Crippen molar-refractivity contribution >= 4 is 34.0 Å². The van der Waals surface area contributed by atoms with E-state index in [1.54, 1.807) is 18.2 Å². The predicted molar refractivity (Wildman–Crippen MR) is 158 cm³/mol. The van der Waals surface area contributed by atoms with Gasteiger partial charge in [-0.2, -0.15) is 4.98 Å². The lowest BCUT2D eigenvalue weighted by Crippen LogP contribution is -2.47. The lowest BCUT2D eigenvalue weighted by Gasteiger charge is -2.34. The number of amides is 1. The molecule has 5 aromatic rings. The lowest BCUT2D eigenvalue weighted by molar-refractivity contribution is 0.0206. The number of carbonyl (C=O) groups is 1. The number of anilines is 1. The maximum Gasteiger partial charge on any atom is 0.410 e. The Morgan fingerprint density at radius 1 is 1.00 bits per heavy atom. The van der Waals surface area contributed by atoms with Crippen LogP contribution in [0.2, 0.25) is 0 Å². The Hall–Kier alpha value is -4.73. The third-order valence-corrected chi connectivity index (χ3v) is 6.97. The van der Waals surface area contributed by atoms with Gasteiger partial charge < -0.3 is 19.7 Å². The summed E-state index contributed by atoms with van der Waals surface area (Å²) < 4.78 is 13.0. The minimum Gasteiger partial charge on any atom is -0.497 e. The highest BCUT2D eigenvalue weighted by Gasteiger charge is 2.28. The number of ether oxygens (including phenoxy) is 2. The van der Waals surface area contributed by atoms with Crippen LogP contribution in [-0.2, 0) is 4.74 Å². The Bertz CT molecular complexity index is 1730. The number of hydrogen-bond donors (Lipinski definition) is 1. The fraction of sp³-hybridized carbons (Fsp3) is 0.323. The number of imidazole rings is 1. The Kier molecular flexibility index (Phi) is 6.90. The Morgan fingerprint density at radius 3 is 2.68 bits per heavy atom. The summed E-state index contributed by atoms with van der Waals surface area (Å²) in [6, 6.07) is 19.7. The third kappa shape index (κ3) is 5.63. The molecule has 0 radical (unpaired) electrons. The molecule has 6 rings (SSSR count). The van der Waals surface area contributed by atoms with Crippen LogP contribution in [0.3, 0.4) is 0 Å². The second-order valence-corrected chi connectivity index (χ2v) is 11.2. The number of benzene rings is 2. The Labute approximate surface area is 238 Å². The maximum absolute atomic E-state index is 12.7. The molecule has 1 unspecified atom stereocenters. The minimum absolute atomic E-state index is 0.00284. The number of fused-ring (bicyclic) bond motifs is 2. The fourth-order valence-corrected chi connectivity index (χ4v) is 5.09. The molecule has 0 spiro atoms. The second-order valence-electron chi connectivity index (χ2n) is 11.2. The van der Waals surface area contributed by atoms with Gasteiger partial charge in [-0.15, -0.1) is 0 Å². The first-order chi connectivity index (χ1) is 19.8. The number of nitrogens with one attached hydrogen (secondary N) is 1. The topological polar surface area (TPSA) is 107 Å². The summed E-state index contributed by atoms with van der Waals surface area (Å²) >= 11 is 0. The quantitative estimate of drug-likeness (QED) is 0.290. The first-order valence-corrected chi connectivity index (χ1v) is 13.8. The molecular formula is C31H33N7O3. The molecule has 1 aliphatic heterocycles. The summed E-state index contributed by atoms with van der Waals surface area (Å²) in [6.45, 7) is 6.81. The van der Waals surface area contributed by atoms with Gasteiger partial charge in [-0.25, -0.2) is 19.7 Å². The molecular weight excluding hydrogens is 518 g/mol. The zero-order valence-electron chi connectivity index (χ0n) is 23.7. The van der Waals surface area contributed by atoms with E-state index in [9.17, 15) is 4.79 Å². The molecule has 10 nitrogen and oxygen atoms in total. The van der Waals surface area contributed by atoms with Gasteiger partial charge >= 0.3 is 6.09 Å². The molecule has 0 aliphatic carbocycles. The monoisotopic (exact) mass is 551 g/mol. The normalized spacial score (nSPS) is 15.7. The summed E-state index contributed by atoms with van der Waals surface area (Å²) in [5, 5.41) is 4.50. The number of methoxy groups -OCH3 is 1. The van der Waals surface area contributed by atoms with Crippen LogP contribution in [0.1, 0.15) is 33.6 Å². The molecule has 2 aromatic carbocycles. The van der Waals surface area contributed by atoms with E-state index in [2.05, 4.69) is 10.3 Å². The van der Waals surface area contributed by atoms with E-state index in [1.807, 2.05) is 86.0 Å². The van der Waals surface area contributed by atoms with Crippen LogP contribution in [0.15, 0.2) is 66.9 Å². The van der Waals surface area contributed by atoms with Gasteiger partial charge in [0.05, 0.1) is 23.7 Å². The zero-order valence-corrected chi connectivity index (χ0v) is 23.7. The molecule has 1 saturated heterocycles. The maximum atomic E-state index is 12.7. The van der Waals surface area contributed by atoms with Gasteiger partial charge in [0.25, 0.3) is 0 Å². The highest BCUT2D eigenvalue weighted by molar-refractivity contribution is 5.86. The van der Waals surface area contributed by atoms with Crippen molar-refractivity contribution < 1.29 is 14.3 Å². The third-order valence-electron chi connectivity index (χ3n) is 6.97. The molecule has 1 atom stereocenters. The molecule has 0 saturated carbocycles. The number of nitrogens with zero attached hydrogens (tertiary/aromatic N) is 6. The van der Waals surface area contributed by atoms with Crippen LogP contribution in [0.25, 0.3) is 39.3 Å². The molecule has 41 heavy (non-hydrogen) atoms. The zero-order chi connectivity index (χ0) is 28.6. The van der Waals surface area contributed by atoms with Crippen LogP contribution < -0.4 is 10.1 Å². The van der Waals surface area contributed by atoms with Crippen molar-refractivity contribution in [1.29, 1.82) is 0 Å². The highest BCUT2D eigenvalue weighted by atomic mass is 16.6. The molecule has 210 valence electrons. The van der Waals surface area contributed by atoms with E-state index in [0.29, 0.717) is 30.7 Å². The van der Waals surface area contributed by atoms with E-state index in [0.717, 1.165) is 46.2 Å². The summed E-state index contributed by atoms with van der Waals surface area (Å²) in [5.41, 5.74) is 2.71. The van der Waals surface area contributed by atoms with Crippen molar-refractivity contribution in [2.24, 2.45) is 0 Å². The number of pyridine rings is 1. The molecule has 1 aliphatic rings. The van der Waals surface area contributed by atoms with Crippen molar-refractivity contribution in [3.63, 3.8) is 0 Å². The number of para-hydroxylation sites is 1. The summed E-state index contributed by atoms with van der Waals surface area (Å²) in [5.74, 6) is 2.51. The fourth-order valence-electron chi connectivity index (χ4n) is 5.09. The average Bonchev–Trinajstić information content (AvgIpc) is 3.35. The molecule has 1 fully saturated rings. The highest BCUT2D eigenvalue weighted by Crippen LogP contribution is 2.30. The standard InChI is InChI=1S/C31H33N7O3/c1-31(2,3)41-30(39)37-17-7-9-21(19-37)33-29-32-16-15-27(36-29)38-26-14-12-22(40-4)18-25(26)35-28(38)24-13-11-20-8-5-6-10-23(20)34-24/h5-6,8,10-16,18,21H,7,9,17,19H2,1-4H3,(H,32,33,36). The van der Waals surface area contributed by atoms with Gasteiger partial charge in [-0.1, -0.05) is 24.3 Å². The van der Waals surface area contributed by atoms with Gasteiger partial charge in [-0.05, 0) is 63.9 Å².